The van der Waals surface area contributed by atoms with E-state index in [1.807, 2.05) is 6.92 Å². The van der Waals surface area contributed by atoms with Crippen LogP contribution in [0.4, 0.5) is 14.5 Å². The van der Waals surface area contributed by atoms with Crippen LogP contribution in [0.3, 0.4) is 0 Å². The smallest absolute Gasteiger partial charge is 0.387 e. The second-order valence-electron chi connectivity index (χ2n) is 4.44. The van der Waals surface area contributed by atoms with Crippen molar-refractivity contribution >= 4 is 5.69 Å². The zero-order valence-electron chi connectivity index (χ0n) is 11.4. The van der Waals surface area contributed by atoms with E-state index in [1.54, 1.807) is 42.5 Å². The molecule has 1 N–H and O–H groups in total. The van der Waals surface area contributed by atoms with Gasteiger partial charge in [-0.25, -0.2) is 0 Å². The van der Waals surface area contributed by atoms with Crippen LogP contribution in [-0.2, 0) is 0 Å². The highest BCUT2D eigenvalue weighted by molar-refractivity contribution is 5.58. The van der Waals surface area contributed by atoms with Crippen LogP contribution in [0.15, 0.2) is 48.5 Å². The molecule has 0 saturated carbocycles. The van der Waals surface area contributed by atoms with Gasteiger partial charge in [-0.15, -0.1) is 0 Å². The number of hydrogen-bond donors (Lipinski definition) is 1. The first kappa shape index (κ1) is 14.8. The van der Waals surface area contributed by atoms with Gasteiger partial charge in [-0.05, 0) is 25.1 Å². The summed E-state index contributed by atoms with van der Waals surface area (Å²) in [6.07, 6.45) is 0. The molecule has 0 bridgehead atoms. The standard InChI is InChI=1S/C16H14F2N2O/c1-11(20-14-8-4-2-6-12(14)10-19)13-7-3-5-9-15(13)21-16(17)18/h2-9,11,16,20H,1H3. The number of halogens is 2. The minimum atomic E-state index is -2.87. The van der Waals surface area contributed by atoms with Crippen LogP contribution in [0, 0.1) is 11.3 Å². The van der Waals surface area contributed by atoms with E-state index in [9.17, 15) is 8.78 Å². The first-order valence-corrected chi connectivity index (χ1v) is 6.41. The largest absolute Gasteiger partial charge is 0.434 e. The predicted octanol–water partition coefficient (Wildman–Crippen LogP) is 4.33. The van der Waals surface area contributed by atoms with Crippen molar-refractivity contribution in [2.45, 2.75) is 19.6 Å². The molecule has 0 aliphatic heterocycles. The molecule has 0 spiro atoms. The highest BCUT2D eigenvalue weighted by Crippen LogP contribution is 2.29. The molecule has 1 atom stereocenters. The Morgan fingerprint density at radius 2 is 1.76 bits per heavy atom. The van der Waals surface area contributed by atoms with Crippen molar-refractivity contribution in [1.82, 2.24) is 0 Å². The van der Waals surface area contributed by atoms with Gasteiger partial charge in [0.1, 0.15) is 11.8 Å². The van der Waals surface area contributed by atoms with E-state index >= 15 is 0 Å². The summed E-state index contributed by atoms with van der Waals surface area (Å²) in [5, 5.41) is 12.2. The summed E-state index contributed by atoms with van der Waals surface area (Å²) in [6, 6.07) is 15.4. The lowest BCUT2D eigenvalue weighted by molar-refractivity contribution is -0.0505. The van der Waals surface area contributed by atoms with Gasteiger partial charge < -0.3 is 10.1 Å². The second kappa shape index (κ2) is 6.71. The molecule has 0 heterocycles. The van der Waals surface area contributed by atoms with Crippen LogP contribution in [-0.4, -0.2) is 6.61 Å². The first-order chi connectivity index (χ1) is 10.1. The minimum absolute atomic E-state index is 0.127. The van der Waals surface area contributed by atoms with E-state index in [1.165, 1.54) is 6.07 Å². The Morgan fingerprint density at radius 3 is 2.48 bits per heavy atom. The van der Waals surface area contributed by atoms with Gasteiger partial charge in [-0.1, -0.05) is 30.3 Å². The highest BCUT2D eigenvalue weighted by atomic mass is 19.3. The Balaban J connectivity index is 2.25. The van der Waals surface area contributed by atoms with Crippen molar-refractivity contribution < 1.29 is 13.5 Å². The lowest BCUT2D eigenvalue weighted by atomic mass is 10.1. The van der Waals surface area contributed by atoms with E-state index in [4.69, 9.17) is 5.26 Å². The molecule has 2 aromatic rings. The monoisotopic (exact) mass is 288 g/mol. The third-order valence-electron chi connectivity index (χ3n) is 3.02. The lowest BCUT2D eigenvalue weighted by Crippen LogP contribution is -2.11. The van der Waals surface area contributed by atoms with Crippen LogP contribution in [0.25, 0.3) is 0 Å². The molecule has 5 heteroatoms. The maximum atomic E-state index is 12.4. The number of hydrogen-bond acceptors (Lipinski definition) is 3. The maximum Gasteiger partial charge on any atom is 0.387 e. The van der Waals surface area contributed by atoms with Crippen molar-refractivity contribution in [3.8, 4) is 11.8 Å². The fourth-order valence-electron chi connectivity index (χ4n) is 2.06. The third kappa shape index (κ3) is 3.69. The zero-order valence-corrected chi connectivity index (χ0v) is 11.4. The van der Waals surface area contributed by atoms with E-state index < -0.39 is 6.61 Å². The van der Waals surface area contributed by atoms with Crippen LogP contribution in [0.2, 0.25) is 0 Å². The third-order valence-corrected chi connectivity index (χ3v) is 3.02. The lowest BCUT2D eigenvalue weighted by Gasteiger charge is -2.19. The molecule has 1 unspecified atom stereocenters. The van der Waals surface area contributed by atoms with E-state index in [2.05, 4.69) is 16.1 Å². The van der Waals surface area contributed by atoms with Gasteiger partial charge in [0, 0.05) is 5.56 Å². The zero-order chi connectivity index (χ0) is 15.2. The van der Waals surface area contributed by atoms with Gasteiger partial charge in [0.25, 0.3) is 0 Å². The number of benzene rings is 2. The number of nitrogens with zero attached hydrogens (tertiary/aromatic N) is 1. The second-order valence-corrected chi connectivity index (χ2v) is 4.44. The minimum Gasteiger partial charge on any atom is -0.434 e. The molecule has 2 rings (SSSR count). The molecule has 2 aromatic carbocycles. The number of ether oxygens (including phenoxy) is 1. The molecule has 0 fully saturated rings. The van der Waals surface area contributed by atoms with Gasteiger partial charge in [0.05, 0.1) is 17.3 Å². The Kier molecular flexibility index (Phi) is 4.72. The summed E-state index contributed by atoms with van der Waals surface area (Å²) in [7, 11) is 0. The van der Waals surface area contributed by atoms with Gasteiger partial charge in [-0.2, -0.15) is 14.0 Å². The van der Waals surface area contributed by atoms with E-state index in [0.717, 1.165) is 0 Å². The van der Waals surface area contributed by atoms with Gasteiger partial charge in [-0.3, -0.25) is 0 Å². The molecular formula is C16H14F2N2O. The fourth-order valence-corrected chi connectivity index (χ4v) is 2.06. The molecular weight excluding hydrogens is 274 g/mol. The molecule has 21 heavy (non-hydrogen) atoms. The van der Waals surface area contributed by atoms with Crippen molar-refractivity contribution in [1.29, 1.82) is 5.26 Å². The number of anilines is 1. The summed E-state index contributed by atoms with van der Waals surface area (Å²) < 4.78 is 29.4. The Labute approximate surface area is 121 Å². The normalized spacial score (nSPS) is 11.8. The molecule has 0 radical (unpaired) electrons. The van der Waals surface area contributed by atoms with Crippen LogP contribution in [0.5, 0.6) is 5.75 Å². The van der Waals surface area contributed by atoms with E-state index in [0.29, 0.717) is 16.8 Å². The molecule has 0 aromatic heterocycles. The molecule has 0 aliphatic rings. The number of nitrogens with one attached hydrogen (secondary N) is 1. The van der Waals surface area contributed by atoms with Crippen molar-refractivity contribution in [3.05, 3.63) is 59.7 Å². The SMILES string of the molecule is CC(Nc1ccccc1C#N)c1ccccc1OC(F)F. The number of nitriles is 1. The first-order valence-electron chi connectivity index (χ1n) is 6.41. The predicted molar refractivity (Wildman–Crippen MR) is 76.3 cm³/mol. The van der Waals surface area contributed by atoms with Crippen molar-refractivity contribution in [2.24, 2.45) is 0 Å². The van der Waals surface area contributed by atoms with Crippen LogP contribution < -0.4 is 10.1 Å². The molecule has 0 saturated heterocycles. The Hall–Kier alpha value is -2.61. The average Bonchev–Trinajstić information content (AvgIpc) is 2.47. The topological polar surface area (TPSA) is 45.0 Å². The summed E-state index contributed by atoms with van der Waals surface area (Å²) in [5.74, 6) is 0.127. The van der Waals surface area contributed by atoms with Gasteiger partial charge >= 0.3 is 6.61 Å². The number of para-hydroxylation sites is 2. The number of alkyl halides is 2. The van der Waals surface area contributed by atoms with Gasteiger partial charge in [0.15, 0.2) is 0 Å². The van der Waals surface area contributed by atoms with Crippen LogP contribution >= 0.6 is 0 Å². The molecule has 3 nitrogen and oxygen atoms in total. The number of rotatable bonds is 5. The summed E-state index contributed by atoms with van der Waals surface area (Å²) >= 11 is 0. The summed E-state index contributed by atoms with van der Waals surface area (Å²) in [6.45, 7) is -1.05. The Morgan fingerprint density at radius 1 is 1.10 bits per heavy atom. The molecule has 0 amide bonds. The Bertz CT molecular complexity index is 653. The summed E-state index contributed by atoms with van der Waals surface area (Å²) in [5.41, 5.74) is 1.75. The summed E-state index contributed by atoms with van der Waals surface area (Å²) in [4.78, 5) is 0. The highest BCUT2D eigenvalue weighted by Gasteiger charge is 2.15. The van der Waals surface area contributed by atoms with Gasteiger partial charge in [0.2, 0.25) is 0 Å². The van der Waals surface area contributed by atoms with E-state index in [-0.39, 0.29) is 11.8 Å². The maximum absolute atomic E-state index is 12.4. The van der Waals surface area contributed by atoms with Crippen molar-refractivity contribution in [3.63, 3.8) is 0 Å². The van der Waals surface area contributed by atoms with Crippen molar-refractivity contribution in [2.75, 3.05) is 5.32 Å². The quantitative estimate of drug-likeness (QED) is 0.890. The molecule has 108 valence electrons. The van der Waals surface area contributed by atoms with Crippen LogP contribution in [0.1, 0.15) is 24.1 Å². The fraction of sp³-hybridized carbons (Fsp3) is 0.188. The average molecular weight is 288 g/mol. The molecule has 0 aliphatic carbocycles.